The maximum absolute atomic E-state index is 13.1. The van der Waals surface area contributed by atoms with Crippen LogP contribution < -0.4 is 15.0 Å². The van der Waals surface area contributed by atoms with Crippen molar-refractivity contribution in [3.63, 3.8) is 0 Å². The summed E-state index contributed by atoms with van der Waals surface area (Å²) in [5.74, 6) is 0.498. The van der Waals surface area contributed by atoms with Gasteiger partial charge < -0.3 is 10.1 Å². The molecule has 4 rings (SSSR count). The van der Waals surface area contributed by atoms with E-state index < -0.39 is 6.17 Å². The summed E-state index contributed by atoms with van der Waals surface area (Å²) >= 11 is 0. The van der Waals surface area contributed by atoms with Crippen molar-refractivity contribution in [1.82, 2.24) is 4.98 Å². The summed E-state index contributed by atoms with van der Waals surface area (Å²) in [6.07, 6.45) is 1.17. The Morgan fingerprint density at radius 2 is 1.93 bits per heavy atom. The average Bonchev–Trinajstić information content (AvgIpc) is 3.00. The number of hydrogen-bond donors (Lipinski definition) is 1. The van der Waals surface area contributed by atoms with Gasteiger partial charge in [0.05, 0.1) is 24.1 Å². The number of Topliss-reactive ketones (excluding diaryl/α,β-unsaturated/α-hetero) is 1. The lowest BCUT2D eigenvalue weighted by atomic mass is 10.1. The molecule has 0 aliphatic carbocycles. The van der Waals surface area contributed by atoms with Crippen LogP contribution in [0.4, 0.5) is 11.4 Å². The normalized spacial score (nSPS) is 15.3. The van der Waals surface area contributed by atoms with Gasteiger partial charge in [-0.25, -0.2) is 0 Å². The van der Waals surface area contributed by atoms with Crippen molar-refractivity contribution >= 4 is 23.1 Å². The van der Waals surface area contributed by atoms with Gasteiger partial charge in [0.2, 0.25) is 0 Å². The van der Waals surface area contributed by atoms with Crippen LogP contribution in [0, 0.1) is 0 Å². The second kappa shape index (κ2) is 7.15. The minimum atomic E-state index is -0.502. The molecule has 6 nitrogen and oxygen atoms in total. The van der Waals surface area contributed by atoms with Gasteiger partial charge in [0.15, 0.2) is 11.9 Å². The molecule has 2 heterocycles. The maximum atomic E-state index is 13.1. The molecule has 140 valence electrons. The fraction of sp³-hybridized carbons (Fsp3) is 0.136. The molecule has 1 aliphatic rings. The van der Waals surface area contributed by atoms with Gasteiger partial charge in [-0.3, -0.25) is 19.5 Å². The van der Waals surface area contributed by atoms with Crippen molar-refractivity contribution in [3.8, 4) is 5.75 Å². The number of benzene rings is 2. The number of nitrogens with zero attached hydrogens (tertiary/aromatic N) is 2. The summed E-state index contributed by atoms with van der Waals surface area (Å²) in [7, 11) is 1.59. The second-order valence-corrected chi connectivity index (χ2v) is 6.50. The monoisotopic (exact) mass is 373 g/mol. The number of pyridine rings is 1. The summed E-state index contributed by atoms with van der Waals surface area (Å²) in [5.41, 5.74) is 3.22. The fourth-order valence-corrected chi connectivity index (χ4v) is 3.33. The van der Waals surface area contributed by atoms with Crippen molar-refractivity contribution in [1.29, 1.82) is 0 Å². The second-order valence-electron chi connectivity index (χ2n) is 6.50. The Hall–Kier alpha value is -3.67. The van der Waals surface area contributed by atoms with Gasteiger partial charge in [0.25, 0.3) is 5.91 Å². The molecule has 0 bridgehead atoms. The molecule has 0 fully saturated rings. The van der Waals surface area contributed by atoms with E-state index in [-0.39, 0.29) is 11.7 Å². The van der Waals surface area contributed by atoms with Crippen LogP contribution in [0.5, 0.6) is 5.75 Å². The molecule has 0 spiro atoms. The van der Waals surface area contributed by atoms with Crippen LogP contribution in [0.15, 0.2) is 66.9 Å². The highest BCUT2D eigenvalue weighted by molar-refractivity contribution is 6.11. The quantitative estimate of drug-likeness (QED) is 0.683. The Bertz CT molecular complexity index is 1060. The van der Waals surface area contributed by atoms with Crippen LogP contribution in [0.2, 0.25) is 0 Å². The Labute approximate surface area is 162 Å². The third-order valence-electron chi connectivity index (χ3n) is 4.71. The van der Waals surface area contributed by atoms with Gasteiger partial charge in [-0.2, -0.15) is 0 Å². The average molecular weight is 373 g/mol. The zero-order chi connectivity index (χ0) is 19.7. The van der Waals surface area contributed by atoms with E-state index in [4.69, 9.17) is 4.74 Å². The number of ether oxygens (including phenoxy) is 1. The van der Waals surface area contributed by atoms with E-state index in [0.717, 1.165) is 5.69 Å². The summed E-state index contributed by atoms with van der Waals surface area (Å²) in [4.78, 5) is 30.9. The van der Waals surface area contributed by atoms with E-state index in [9.17, 15) is 9.59 Å². The van der Waals surface area contributed by atoms with E-state index in [1.807, 2.05) is 36.4 Å². The molecule has 0 saturated heterocycles. The predicted octanol–water partition coefficient (Wildman–Crippen LogP) is 4.06. The first-order chi connectivity index (χ1) is 13.6. The lowest BCUT2D eigenvalue weighted by Gasteiger charge is -2.27. The van der Waals surface area contributed by atoms with Gasteiger partial charge in [0.1, 0.15) is 5.75 Å². The third kappa shape index (κ3) is 3.09. The standard InChI is InChI=1S/C22H19N3O3/c1-14(26)15-6-3-7-16(12-15)24-21-20-19(10-5-11-23-20)22(27)25(21)17-8-4-9-18(13-17)28-2/h3-13,21,24H,1-2H3. The minimum absolute atomic E-state index is 0.0191. The van der Waals surface area contributed by atoms with E-state index >= 15 is 0 Å². The number of nitrogens with one attached hydrogen (secondary N) is 1. The summed E-state index contributed by atoms with van der Waals surface area (Å²) < 4.78 is 5.31. The molecule has 1 atom stereocenters. The molecule has 1 unspecified atom stereocenters. The molecular weight excluding hydrogens is 354 g/mol. The van der Waals surface area contributed by atoms with Crippen LogP contribution in [0.25, 0.3) is 0 Å². The molecule has 1 amide bonds. The Morgan fingerprint density at radius 1 is 1.11 bits per heavy atom. The van der Waals surface area contributed by atoms with Gasteiger partial charge in [-0.1, -0.05) is 18.2 Å². The van der Waals surface area contributed by atoms with Crippen molar-refractivity contribution < 1.29 is 14.3 Å². The SMILES string of the molecule is COc1cccc(N2C(=O)c3cccnc3C2Nc2cccc(C(C)=O)c2)c1. The molecule has 6 heteroatoms. The van der Waals surface area contributed by atoms with Crippen LogP contribution in [0.3, 0.4) is 0 Å². The molecule has 2 aromatic carbocycles. The molecule has 0 radical (unpaired) electrons. The number of anilines is 2. The van der Waals surface area contributed by atoms with Crippen LogP contribution in [-0.2, 0) is 0 Å². The molecule has 0 saturated carbocycles. The van der Waals surface area contributed by atoms with Gasteiger partial charge in [-0.05, 0) is 43.3 Å². The molecule has 1 N–H and O–H groups in total. The predicted molar refractivity (Wildman–Crippen MR) is 107 cm³/mol. The smallest absolute Gasteiger partial charge is 0.262 e. The topological polar surface area (TPSA) is 71.5 Å². The zero-order valence-corrected chi connectivity index (χ0v) is 15.5. The number of rotatable bonds is 5. The van der Waals surface area contributed by atoms with E-state index in [2.05, 4.69) is 10.3 Å². The van der Waals surface area contributed by atoms with Crippen molar-refractivity contribution in [2.75, 3.05) is 17.3 Å². The Morgan fingerprint density at radius 3 is 2.71 bits per heavy atom. The fourth-order valence-electron chi connectivity index (χ4n) is 3.33. The zero-order valence-electron chi connectivity index (χ0n) is 15.5. The number of aromatic nitrogens is 1. The number of hydrogen-bond acceptors (Lipinski definition) is 5. The van der Waals surface area contributed by atoms with Gasteiger partial charge in [0, 0.05) is 23.5 Å². The van der Waals surface area contributed by atoms with E-state index in [0.29, 0.717) is 28.3 Å². The molecule has 1 aromatic heterocycles. The van der Waals surface area contributed by atoms with Crippen molar-refractivity contribution in [3.05, 3.63) is 83.7 Å². The molecule has 28 heavy (non-hydrogen) atoms. The van der Waals surface area contributed by atoms with Crippen LogP contribution in [-0.4, -0.2) is 23.8 Å². The Kier molecular flexibility index (Phi) is 4.53. The van der Waals surface area contributed by atoms with E-state index in [1.54, 1.807) is 42.5 Å². The third-order valence-corrected chi connectivity index (χ3v) is 4.71. The summed E-state index contributed by atoms with van der Waals surface area (Å²) in [6.45, 7) is 1.53. The van der Waals surface area contributed by atoms with Gasteiger partial charge >= 0.3 is 0 Å². The van der Waals surface area contributed by atoms with E-state index in [1.165, 1.54) is 6.92 Å². The highest BCUT2D eigenvalue weighted by Gasteiger charge is 2.39. The number of ketones is 1. The maximum Gasteiger partial charge on any atom is 0.262 e. The first kappa shape index (κ1) is 17.7. The van der Waals surface area contributed by atoms with Crippen LogP contribution in [0.1, 0.15) is 39.5 Å². The summed E-state index contributed by atoms with van der Waals surface area (Å²) in [6, 6.07) is 18.1. The number of methoxy groups -OCH3 is 1. The molecule has 3 aromatic rings. The first-order valence-corrected chi connectivity index (χ1v) is 8.88. The molecular formula is C22H19N3O3. The van der Waals surface area contributed by atoms with Crippen molar-refractivity contribution in [2.24, 2.45) is 0 Å². The lowest BCUT2D eigenvalue weighted by molar-refractivity contribution is 0.0989. The summed E-state index contributed by atoms with van der Waals surface area (Å²) in [5, 5.41) is 3.36. The molecule has 1 aliphatic heterocycles. The lowest BCUT2D eigenvalue weighted by Crippen LogP contribution is -2.32. The highest BCUT2D eigenvalue weighted by atomic mass is 16.5. The van der Waals surface area contributed by atoms with Crippen LogP contribution >= 0.6 is 0 Å². The highest BCUT2D eigenvalue weighted by Crippen LogP contribution is 2.38. The van der Waals surface area contributed by atoms with Gasteiger partial charge in [-0.15, -0.1) is 0 Å². The number of carbonyl (C=O) groups is 2. The minimum Gasteiger partial charge on any atom is -0.497 e. The number of amides is 1. The first-order valence-electron chi connectivity index (χ1n) is 8.88. The Balaban J connectivity index is 1.77. The number of carbonyl (C=O) groups excluding carboxylic acids is 2. The number of fused-ring (bicyclic) bond motifs is 1. The van der Waals surface area contributed by atoms with Crippen molar-refractivity contribution in [2.45, 2.75) is 13.1 Å². The largest absolute Gasteiger partial charge is 0.497 e.